The molecule has 3 aromatic rings. The topological polar surface area (TPSA) is 83.6 Å². The minimum Gasteiger partial charge on any atom is -0.494 e. The number of thiophene rings is 1. The zero-order valence-corrected chi connectivity index (χ0v) is 20.4. The molecular weight excluding hydrogens is 436 g/mol. The summed E-state index contributed by atoms with van der Waals surface area (Å²) in [5, 5.41) is 0.479. The van der Waals surface area contributed by atoms with Gasteiger partial charge in [-0.2, -0.15) is 0 Å². The van der Waals surface area contributed by atoms with Crippen LogP contribution in [-0.2, 0) is 11.2 Å². The van der Waals surface area contributed by atoms with E-state index in [2.05, 4.69) is 19.9 Å². The van der Waals surface area contributed by atoms with E-state index in [9.17, 15) is 9.59 Å². The van der Waals surface area contributed by atoms with Crippen LogP contribution in [0.15, 0.2) is 29.2 Å². The van der Waals surface area contributed by atoms with Crippen LogP contribution < -0.4 is 15.9 Å². The molecule has 6 nitrogen and oxygen atoms in total. The molecule has 2 aromatic heterocycles. The Morgan fingerprint density at radius 2 is 2.06 bits per heavy atom. The van der Waals surface area contributed by atoms with Crippen LogP contribution in [-0.4, -0.2) is 24.3 Å². The summed E-state index contributed by atoms with van der Waals surface area (Å²) in [4.78, 5) is 28.1. The van der Waals surface area contributed by atoms with Gasteiger partial charge >= 0.3 is 5.97 Å². The predicted molar refractivity (Wildman–Crippen MR) is 131 cm³/mol. The maximum Gasteiger partial charge on any atom is 0.343 e. The largest absolute Gasteiger partial charge is 0.494 e. The van der Waals surface area contributed by atoms with Gasteiger partial charge in [0.25, 0.3) is 0 Å². The van der Waals surface area contributed by atoms with Crippen LogP contribution in [0.3, 0.4) is 0 Å². The van der Waals surface area contributed by atoms with Crippen molar-refractivity contribution in [3.05, 3.63) is 50.6 Å². The summed E-state index contributed by atoms with van der Waals surface area (Å²) in [6, 6.07) is 6.21. The number of ether oxygens (including phenoxy) is 2. The average Bonchev–Trinajstić information content (AvgIpc) is 3.51. The first kappa shape index (κ1) is 22.2. The molecule has 1 atom stereocenters. The molecule has 0 amide bonds. The van der Waals surface area contributed by atoms with Crippen molar-refractivity contribution < 1.29 is 14.3 Å². The highest BCUT2D eigenvalue weighted by Crippen LogP contribution is 2.48. The van der Waals surface area contributed by atoms with Crippen LogP contribution in [0, 0.1) is 5.41 Å². The lowest BCUT2D eigenvalue weighted by Crippen LogP contribution is -2.28. The Labute approximate surface area is 197 Å². The number of hydrogen-bond donors (Lipinski definition) is 1. The van der Waals surface area contributed by atoms with Gasteiger partial charge < -0.3 is 19.8 Å². The molecule has 2 heterocycles. The van der Waals surface area contributed by atoms with E-state index in [1.54, 1.807) is 31.6 Å². The smallest absolute Gasteiger partial charge is 0.343 e. The second-order valence-electron chi connectivity index (χ2n) is 9.91. The number of benzene rings is 1. The van der Waals surface area contributed by atoms with E-state index >= 15 is 0 Å². The molecular formula is C26H30N2O4S. The number of carbonyl (C=O) groups excluding carboxylic acids is 1. The van der Waals surface area contributed by atoms with E-state index in [0.29, 0.717) is 11.1 Å². The number of fused-ring (bicyclic) bond motifs is 2. The van der Waals surface area contributed by atoms with Gasteiger partial charge in [-0.3, -0.25) is 4.79 Å². The van der Waals surface area contributed by atoms with Crippen molar-refractivity contribution in [1.82, 2.24) is 4.57 Å². The zero-order valence-electron chi connectivity index (χ0n) is 19.6. The molecule has 0 saturated heterocycles. The number of esters is 1. The highest BCUT2D eigenvalue weighted by Gasteiger charge is 2.33. The number of pyridine rings is 1. The quantitative estimate of drug-likeness (QED) is 0.521. The number of aromatic nitrogens is 1. The lowest BCUT2D eigenvalue weighted by Gasteiger charge is -2.33. The molecule has 2 N–H and O–H groups in total. The summed E-state index contributed by atoms with van der Waals surface area (Å²) in [7, 11) is 1.64. The van der Waals surface area contributed by atoms with Crippen molar-refractivity contribution in [2.45, 2.75) is 58.5 Å². The molecule has 2 aliphatic carbocycles. The average molecular weight is 467 g/mol. The molecule has 0 radical (unpaired) electrons. The molecule has 7 heteroatoms. The molecule has 1 aromatic carbocycles. The van der Waals surface area contributed by atoms with Gasteiger partial charge in [-0.05, 0) is 61.8 Å². The Morgan fingerprint density at radius 3 is 2.73 bits per heavy atom. The molecule has 1 unspecified atom stereocenters. The van der Waals surface area contributed by atoms with Crippen LogP contribution in [0.25, 0.3) is 21.3 Å². The number of hydrogen-bond acceptors (Lipinski definition) is 6. The second kappa shape index (κ2) is 7.99. The number of nitrogens with two attached hydrogens (primary N) is 1. The standard InChI is InChI=1S/C26H30N2O4S/c1-5-32-25(30)18-13-28(14-6-7-14)22-16(23(18)29)9-8-15(24(22)31-4)20-10-17-19(27)11-26(2,3)12-21(17)33-20/h8-10,13-14,19H,5-7,11-12,27H2,1-4H3. The minimum absolute atomic E-state index is 0.0250. The van der Waals surface area contributed by atoms with Gasteiger partial charge in [0, 0.05) is 33.6 Å². The third kappa shape index (κ3) is 3.77. The van der Waals surface area contributed by atoms with E-state index in [4.69, 9.17) is 15.2 Å². The van der Waals surface area contributed by atoms with Crippen LogP contribution in [0.5, 0.6) is 5.75 Å². The monoisotopic (exact) mass is 466 g/mol. The Kier molecular flexibility index (Phi) is 5.37. The van der Waals surface area contributed by atoms with Gasteiger partial charge in [0.2, 0.25) is 5.43 Å². The third-order valence-electron chi connectivity index (χ3n) is 6.71. The summed E-state index contributed by atoms with van der Waals surface area (Å²) in [6.45, 7) is 6.49. The lowest BCUT2D eigenvalue weighted by atomic mass is 9.75. The molecule has 174 valence electrons. The predicted octanol–water partition coefficient (Wildman–Crippen LogP) is 5.22. The molecule has 0 aliphatic heterocycles. The first-order valence-corrected chi connectivity index (χ1v) is 12.4. The summed E-state index contributed by atoms with van der Waals surface area (Å²) in [5.74, 6) is 0.0858. The first-order valence-electron chi connectivity index (χ1n) is 11.6. The van der Waals surface area contributed by atoms with Gasteiger partial charge in [0.15, 0.2) is 5.75 Å². The second-order valence-corrected chi connectivity index (χ2v) is 11.1. The number of methoxy groups -OCH3 is 1. The normalized spacial score (nSPS) is 19.4. The van der Waals surface area contributed by atoms with Crippen molar-refractivity contribution in [2.75, 3.05) is 13.7 Å². The van der Waals surface area contributed by atoms with Crippen molar-refractivity contribution in [3.63, 3.8) is 0 Å². The van der Waals surface area contributed by atoms with E-state index < -0.39 is 5.97 Å². The Bertz CT molecular complexity index is 1320. The van der Waals surface area contributed by atoms with E-state index in [1.807, 2.05) is 16.7 Å². The van der Waals surface area contributed by atoms with E-state index in [1.165, 1.54) is 10.4 Å². The van der Waals surface area contributed by atoms with Gasteiger partial charge in [-0.25, -0.2) is 4.79 Å². The summed E-state index contributed by atoms with van der Waals surface area (Å²) < 4.78 is 13.1. The molecule has 33 heavy (non-hydrogen) atoms. The van der Waals surface area contributed by atoms with Gasteiger partial charge in [0.05, 0.1) is 24.6 Å². The lowest BCUT2D eigenvalue weighted by molar-refractivity contribution is 0.0524. The van der Waals surface area contributed by atoms with Crippen LogP contribution in [0.4, 0.5) is 0 Å². The highest BCUT2D eigenvalue weighted by atomic mass is 32.1. The highest BCUT2D eigenvalue weighted by molar-refractivity contribution is 7.15. The Morgan fingerprint density at radius 1 is 1.30 bits per heavy atom. The fourth-order valence-corrected chi connectivity index (χ4v) is 6.57. The van der Waals surface area contributed by atoms with Crippen molar-refractivity contribution >= 4 is 28.2 Å². The molecule has 5 rings (SSSR count). The van der Waals surface area contributed by atoms with Crippen molar-refractivity contribution in [1.29, 1.82) is 0 Å². The molecule has 1 saturated carbocycles. The van der Waals surface area contributed by atoms with Gasteiger partial charge in [-0.1, -0.05) is 13.8 Å². The molecule has 0 bridgehead atoms. The van der Waals surface area contributed by atoms with Crippen LogP contribution in [0.2, 0.25) is 0 Å². The van der Waals surface area contributed by atoms with E-state index in [0.717, 1.165) is 41.6 Å². The van der Waals surface area contributed by atoms with Crippen molar-refractivity contribution in [2.24, 2.45) is 11.1 Å². The summed E-state index contributed by atoms with van der Waals surface area (Å²) in [6.07, 6.45) is 5.63. The zero-order chi connectivity index (χ0) is 23.5. The molecule has 2 aliphatic rings. The molecule has 0 spiro atoms. The molecule has 1 fully saturated rings. The fraction of sp³-hybridized carbons (Fsp3) is 0.462. The maximum absolute atomic E-state index is 13.2. The van der Waals surface area contributed by atoms with Crippen molar-refractivity contribution in [3.8, 4) is 16.2 Å². The van der Waals surface area contributed by atoms with E-state index in [-0.39, 0.29) is 35.1 Å². The van der Waals surface area contributed by atoms with Crippen LogP contribution in [0.1, 0.15) is 72.9 Å². The first-order chi connectivity index (χ1) is 15.7. The Hall–Kier alpha value is -2.64. The number of carbonyl (C=O) groups is 1. The minimum atomic E-state index is -0.579. The fourth-order valence-electron chi connectivity index (χ4n) is 5.05. The SMILES string of the molecule is CCOC(=O)c1cn(C2CC2)c2c(OC)c(-c3cc4c(s3)CC(C)(C)CC4N)ccc2c1=O. The van der Waals surface area contributed by atoms with Gasteiger partial charge in [0.1, 0.15) is 5.56 Å². The van der Waals surface area contributed by atoms with Gasteiger partial charge in [-0.15, -0.1) is 11.3 Å². The number of rotatable bonds is 5. The van der Waals surface area contributed by atoms with Crippen LogP contribution >= 0.6 is 11.3 Å². The summed E-state index contributed by atoms with van der Waals surface area (Å²) >= 11 is 1.76. The summed E-state index contributed by atoms with van der Waals surface area (Å²) in [5.41, 5.74) is 9.37. The Balaban J connectivity index is 1.72. The maximum atomic E-state index is 13.2. The third-order valence-corrected chi connectivity index (χ3v) is 7.89. The number of nitrogens with zero attached hydrogens (tertiary/aromatic N) is 1.